The van der Waals surface area contributed by atoms with Crippen molar-refractivity contribution in [3.05, 3.63) is 50.5 Å². The van der Waals surface area contributed by atoms with Gasteiger partial charge in [-0.2, -0.15) is 0 Å². The van der Waals surface area contributed by atoms with Gasteiger partial charge in [0.05, 0.1) is 21.1 Å². The van der Waals surface area contributed by atoms with Crippen LogP contribution in [0.5, 0.6) is 0 Å². The molecule has 0 bridgehead atoms. The summed E-state index contributed by atoms with van der Waals surface area (Å²) in [6, 6.07) is 5.34. The second-order valence-corrected chi connectivity index (χ2v) is 12.5. The van der Waals surface area contributed by atoms with Crippen molar-refractivity contribution in [2.75, 3.05) is 0 Å². The van der Waals surface area contributed by atoms with E-state index in [4.69, 9.17) is 0 Å². The number of hydrogen-bond acceptors (Lipinski definition) is 7. The Morgan fingerprint density at radius 1 is 1.13 bits per heavy atom. The molecule has 3 heterocycles. The Bertz CT molecular complexity index is 1410. The minimum absolute atomic E-state index is 0.269. The van der Waals surface area contributed by atoms with Crippen LogP contribution in [0.15, 0.2) is 29.3 Å². The Kier molecular flexibility index (Phi) is 4.81. The first-order valence-corrected chi connectivity index (χ1v) is 13.2. The fourth-order valence-electron chi connectivity index (χ4n) is 3.71. The molecular formula is C21H23N5O2S3. The number of nitrogens with zero attached hydrogens (tertiary/aromatic N) is 4. The topological polar surface area (TPSA) is 89.8 Å². The number of nitrogens with one attached hydrogen (secondary N) is 1. The molecule has 1 aliphatic rings. The molecule has 4 aromatic rings. The zero-order valence-corrected chi connectivity index (χ0v) is 20.2. The van der Waals surface area contributed by atoms with Gasteiger partial charge in [0.15, 0.2) is 0 Å². The highest BCUT2D eigenvalue weighted by Gasteiger charge is 2.41. The third-order valence-electron chi connectivity index (χ3n) is 5.62. The summed E-state index contributed by atoms with van der Waals surface area (Å²) in [5.41, 5.74) is 2.64. The maximum atomic E-state index is 13.0. The smallest absolute Gasteiger partial charge is 0.241 e. The van der Waals surface area contributed by atoms with Gasteiger partial charge in [-0.05, 0) is 58.2 Å². The molecular weight excluding hydrogens is 450 g/mol. The van der Waals surface area contributed by atoms with E-state index < -0.39 is 10.0 Å². The van der Waals surface area contributed by atoms with Gasteiger partial charge in [-0.25, -0.2) is 18.1 Å². The highest BCUT2D eigenvalue weighted by molar-refractivity contribution is 7.89. The summed E-state index contributed by atoms with van der Waals surface area (Å²) in [5.74, 6) is 0. The molecule has 1 aromatic carbocycles. The minimum atomic E-state index is -3.60. The summed E-state index contributed by atoms with van der Waals surface area (Å²) in [5, 5.41) is 12.1. The molecule has 0 amide bonds. The Morgan fingerprint density at radius 2 is 1.90 bits per heavy atom. The third-order valence-corrected chi connectivity index (χ3v) is 9.17. The number of benzene rings is 1. The lowest BCUT2D eigenvalue weighted by Crippen LogP contribution is -2.34. The lowest BCUT2D eigenvalue weighted by atomic mass is 10.1. The lowest BCUT2D eigenvalue weighted by Gasteiger charge is -2.12. The van der Waals surface area contributed by atoms with E-state index in [9.17, 15) is 8.42 Å². The first-order valence-electron chi connectivity index (χ1n) is 10.0. The SMILES string of the molecule is Cc1nnc(-n2cc(Cc3sc(C)nc3C)c3ccc(S(=O)(=O)NC4(C)CC4)cc32)s1. The lowest BCUT2D eigenvalue weighted by molar-refractivity contribution is 0.558. The third kappa shape index (κ3) is 3.93. The largest absolute Gasteiger partial charge is 0.291 e. The first-order chi connectivity index (χ1) is 14.6. The van der Waals surface area contributed by atoms with Crippen molar-refractivity contribution in [2.24, 2.45) is 0 Å². The monoisotopic (exact) mass is 473 g/mol. The Balaban J connectivity index is 1.64. The summed E-state index contributed by atoms with van der Waals surface area (Å²) >= 11 is 3.18. The molecule has 0 radical (unpaired) electrons. The molecule has 10 heteroatoms. The average molecular weight is 474 g/mol. The molecule has 1 N–H and O–H groups in total. The molecule has 0 saturated heterocycles. The molecule has 0 unspecified atom stereocenters. The van der Waals surface area contributed by atoms with E-state index in [0.717, 1.165) is 56.6 Å². The van der Waals surface area contributed by atoms with Crippen molar-refractivity contribution in [1.29, 1.82) is 0 Å². The molecule has 0 atom stereocenters. The van der Waals surface area contributed by atoms with Gasteiger partial charge in [0.25, 0.3) is 0 Å². The van der Waals surface area contributed by atoms with Gasteiger partial charge in [-0.1, -0.05) is 17.4 Å². The highest BCUT2D eigenvalue weighted by atomic mass is 32.2. The van der Waals surface area contributed by atoms with E-state index >= 15 is 0 Å². The van der Waals surface area contributed by atoms with Crippen molar-refractivity contribution >= 4 is 43.6 Å². The van der Waals surface area contributed by atoms with E-state index in [-0.39, 0.29) is 10.4 Å². The van der Waals surface area contributed by atoms with E-state index in [0.29, 0.717) is 0 Å². The van der Waals surface area contributed by atoms with Crippen molar-refractivity contribution in [3.63, 3.8) is 0 Å². The van der Waals surface area contributed by atoms with Crippen LogP contribution in [0.25, 0.3) is 16.0 Å². The van der Waals surface area contributed by atoms with Crippen molar-refractivity contribution in [1.82, 2.24) is 24.5 Å². The van der Waals surface area contributed by atoms with Crippen LogP contribution in [0.1, 0.15) is 45.9 Å². The van der Waals surface area contributed by atoms with Gasteiger partial charge in [0.2, 0.25) is 15.2 Å². The zero-order chi connectivity index (χ0) is 22.0. The summed E-state index contributed by atoms with van der Waals surface area (Å²) in [4.78, 5) is 6.03. The number of aromatic nitrogens is 4. The molecule has 7 nitrogen and oxygen atoms in total. The fraction of sp³-hybridized carbons (Fsp3) is 0.381. The van der Waals surface area contributed by atoms with E-state index in [1.54, 1.807) is 23.5 Å². The molecule has 5 rings (SSSR count). The van der Waals surface area contributed by atoms with Crippen LogP contribution in [0, 0.1) is 20.8 Å². The molecule has 1 aliphatic carbocycles. The molecule has 162 valence electrons. The van der Waals surface area contributed by atoms with E-state index in [1.807, 2.05) is 44.5 Å². The van der Waals surface area contributed by atoms with Crippen LogP contribution in [-0.4, -0.2) is 33.7 Å². The zero-order valence-electron chi connectivity index (χ0n) is 17.8. The van der Waals surface area contributed by atoms with Gasteiger partial charge < -0.3 is 0 Å². The second kappa shape index (κ2) is 7.19. The highest BCUT2D eigenvalue weighted by Crippen LogP contribution is 2.37. The predicted molar refractivity (Wildman–Crippen MR) is 124 cm³/mol. The Labute approximate surface area is 189 Å². The van der Waals surface area contributed by atoms with Gasteiger partial charge in [0.1, 0.15) is 5.01 Å². The van der Waals surface area contributed by atoms with Gasteiger partial charge in [-0.15, -0.1) is 21.5 Å². The van der Waals surface area contributed by atoms with E-state index in [2.05, 4.69) is 19.9 Å². The van der Waals surface area contributed by atoms with Crippen molar-refractivity contribution < 1.29 is 8.42 Å². The Hall–Kier alpha value is -2.14. The maximum Gasteiger partial charge on any atom is 0.241 e. The second-order valence-electron chi connectivity index (χ2n) is 8.39. The summed E-state index contributed by atoms with van der Waals surface area (Å²) in [7, 11) is -3.60. The number of fused-ring (bicyclic) bond motifs is 1. The first kappa shape index (κ1) is 20.7. The molecule has 0 aliphatic heterocycles. The molecule has 0 spiro atoms. The van der Waals surface area contributed by atoms with Crippen LogP contribution >= 0.6 is 22.7 Å². The number of sulfonamides is 1. The van der Waals surface area contributed by atoms with Gasteiger partial charge in [-0.3, -0.25) is 4.57 Å². The van der Waals surface area contributed by atoms with Gasteiger partial charge >= 0.3 is 0 Å². The molecule has 1 saturated carbocycles. The maximum absolute atomic E-state index is 13.0. The quantitative estimate of drug-likeness (QED) is 0.451. The molecule has 31 heavy (non-hydrogen) atoms. The summed E-state index contributed by atoms with van der Waals surface area (Å²) in [6.07, 6.45) is 4.52. The van der Waals surface area contributed by atoms with Crippen LogP contribution < -0.4 is 4.72 Å². The number of aryl methyl sites for hydroxylation is 3. The molecule has 1 fully saturated rings. The summed E-state index contributed by atoms with van der Waals surface area (Å²) < 4.78 is 30.7. The van der Waals surface area contributed by atoms with Crippen LogP contribution in [0.3, 0.4) is 0 Å². The number of hydrogen-bond donors (Lipinski definition) is 1. The van der Waals surface area contributed by atoms with Crippen molar-refractivity contribution in [3.8, 4) is 5.13 Å². The number of rotatable bonds is 6. The van der Waals surface area contributed by atoms with Crippen LogP contribution in [-0.2, 0) is 16.4 Å². The molecule has 3 aromatic heterocycles. The van der Waals surface area contributed by atoms with Crippen LogP contribution in [0.4, 0.5) is 0 Å². The fourth-order valence-corrected chi connectivity index (χ4v) is 6.83. The minimum Gasteiger partial charge on any atom is -0.291 e. The van der Waals surface area contributed by atoms with Crippen LogP contribution in [0.2, 0.25) is 0 Å². The van der Waals surface area contributed by atoms with E-state index in [1.165, 1.54) is 16.2 Å². The average Bonchev–Trinajstić information content (AvgIpc) is 3.02. The summed E-state index contributed by atoms with van der Waals surface area (Å²) in [6.45, 7) is 7.89. The standard InChI is InChI=1S/C21H23N5O2S3/c1-12-19(29-13(2)22-12)9-15-11-26(20-24-23-14(3)30-20)18-10-16(5-6-17(15)18)31(27,28)25-21(4)7-8-21/h5-6,10-11,25H,7-9H2,1-4H3. The van der Waals surface area contributed by atoms with Crippen molar-refractivity contribution in [2.45, 2.75) is 57.4 Å². The predicted octanol–water partition coefficient (Wildman–Crippen LogP) is 4.29. The normalized spacial score (nSPS) is 15.6. The van der Waals surface area contributed by atoms with Gasteiger partial charge in [0, 0.05) is 28.4 Å². The number of thiazole rings is 1. The Morgan fingerprint density at radius 3 is 2.52 bits per heavy atom.